The van der Waals surface area contributed by atoms with E-state index in [1.54, 1.807) is 0 Å². The number of nitrogens with two attached hydrogens (primary N) is 1. The Labute approximate surface area is 165 Å². The number of carbonyl (C=O) groups excluding carboxylic acids is 1. The molecule has 27 heavy (non-hydrogen) atoms. The fourth-order valence-electron chi connectivity index (χ4n) is 3.43. The summed E-state index contributed by atoms with van der Waals surface area (Å²) in [5.41, 5.74) is 5.39. The Morgan fingerprint density at radius 3 is 2.44 bits per heavy atom. The van der Waals surface area contributed by atoms with Gasteiger partial charge in [0.25, 0.3) is 0 Å². The summed E-state index contributed by atoms with van der Waals surface area (Å²) in [6.07, 6.45) is 4.14. The predicted molar refractivity (Wildman–Crippen MR) is 108 cm³/mol. The molecule has 1 heterocycles. The Morgan fingerprint density at radius 1 is 1.19 bits per heavy atom. The van der Waals surface area contributed by atoms with E-state index in [1.807, 2.05) is 20.8 Å². The van der Waals surface area contributed by atoms with Gasteiger partial charge in [0.1, 0.15) is 5.54 Å². The van der Waals surface area contributed by atoms with Gasteiger partial charge in [0.15, 0.2) is 6.29 Å². The van der Waals surface area contributed by atoms with Gasteiger partial charge in [-0.1, -0.05) is 27.7 Å². The second-order valence-electron chi connectivity index (χ2n) is 9.04. The number of aliphatic hydroxyl groups is 1. The monoisotopic (exact) mass is 386 g/mol. The van der Waals surface area contributed by atoms with E-state index < -0.39 is 11.6 Å². The van der Waals surface area contributed by atoms with Crippen LogP contribution in [-0.2, 0) is 14.3 Å². The van der Waals surface area contributed by atoms with E-state index in [1.165, 1.54) is 0 Å². The van der Waals surface area contributed by atoms with E-state index in [-0.39, 0.29) is 24.7 Å². The molecule has 160 valence electrons. The molecule has 1 rings (SSSR count). The summed E-state index contributed by atoms with van der Waals surface area (Å²) in [6.45, 7) is 11.5. The predicted octanol–water partition coefficient (Wildman–Crippen LogP) is 2.97. The Bertz CT molecular complexity index is 424. The van der Waals surface area contributed by atoms with E-state index in [2.05, 4.69) is 19.2 Å². The highest BCUT2D eigenvalue weighted by Crippen LogP contribution is 2.24. The van der Waals surface area contributed by atoms with Crippen LogP contribution < -0.4 is 11.1 Å². The highest BCUT2D eigenvalue weighted by atomic mass is 16.7. The van der Waals surface area contributed by atoms with Gasteiger partial charge in [0.2, 0.25) is 5.91 Å². The summed E-state index contributed by atoms with van der Waals surface area (Å²) < 4.78 is 11.6. The van der Waals surface area contributed by atoms with Crippen molar-refractivity contribution >= 4 is 5.91 Å². The quantitative estimate of drug-likeness (QED) is 0.479. The standard InChI is InChI=1S/C21H42N2O4/c1-15(2)9-10-18(24)13-21(22,20(25)23-14-16(3)4)12-17(5)27-19-8-6-7-11-26-19/h15-19,24H,6-14,22H2,1-5H3,(H,23,25). The Morgan fingerprint density at radius 2 is 1.89 bits per heavy atom. The van der Waals surface area contributed by atoms with Crippen LogP contribution in [0.4, 0.5) is 0 Å². The lowest BCUT2D eigenvalue weighted by Crippen LogP contribution is -2.58. The molecule has 4 atom stereocenters. The van der Waals surface area contributed by atoms with Crippen molar-refractivity contribution in [2.24, 2.45) is 17.6 Å². The molecule has 1 amide bonds. The maximum absolute atomic E-state index is 12.8. The van der Waals surface area contributed by atoms with Crippen LogP contribution in [0.25, 0.3) is 0 Å². The molecule has 0 spiro atoms. The van der Waals surface area contributed by atoms with Crippen molar-refractivity contribution in [3.63, 3.8) is 0 Å². The molecule has 6 heteroatoms. The average Bonchev–Trinajstić information content (AvgIpc) is 2.58. The first-order valence-electron chi connectivity index (χ1n) is 10.6. The summed E-state index contributed by atoms with van der Waals surface area (Å²) in [5.74, 6) is 0.639. The number of aliphatic hydroxyl groups excluding tert-OH is 1. The summed E-state index contributed by atoms with van der Waals surface area (Å²) in [7, 11) is 0. The molecule has 0 aliphatic carbocycles. The number of amides is 1. The average molecular weight is 387 g/mol. The van der Waals surface area contributed by atoms with Crippen LogP contribution in [-0.4, -0.2) is 48.2 Å². The number of nitrogens with one attached hydrogen (secondary N) is 1. The minimum absolute atomic E-state index is 0.209. The van der Waals surface area contributed by atoms with Gasteiger partial charge in [-0.3, -0.25) is 4.79 Å². The van der Waals surface area contributed by atoms with E-state index in [9.17, 15) is 9.90 Å². The summed E-state index contributed by atoms with van der Waals surface area (Å²) in [4.78, 5) is 12.8. The fraction of sp³-hybridized carbons (Fsp3) is 0.952. The molecule has 4 N–H and O–H groups in total. The smallest absolute Gasteiger partial charge is 0.240 e. The second-order valence-corrected chi connectivity index (χ2v) is 9.04. The maximum Gasteiger partial charge on any atom is 0.240 e. The summed E-state index contributed by atoms with van der Waals surface area (Å²) >= 11 is 0. The SMILES string of the molecule is CC(C)CCC(O)CC(N)(CC(C)OC1CCCCO1)C(=O)NCC(C)C. The van der Waals surface area contributed by atoms with Crippen LogP contribution in [0.3, 0.4) is 0 Å². The van der Waals surface area contributed by atoms with E-state index >= 15 is 0 Å². The van der Waals surface area contributed by atoms with Gasteiger partial charge in [-0.25, -0.2) is 0 Å². The lowest BCUT2D eigenvalue weighted by atomic mass is 9.84. The van der Waals surface area contributed by atoms with Gasteiger partial charge in [-0.15, -0.1) is 0 Å². The van der Waals surface area contributed by atoms with Crippen molar-refractivity contribution in [3.8, 4) is 0 Å². The molecular weight excluding hydrogens is 344 g/mol. The minimum atomic E-state index is -1.15. The topological polar surface area (TPSA) is 93.8 Å². The Balaban J connectivity index is 2.70. The molecule has 1 fully saturated rings. The van der Waals surface area contributed by atoms with E-state index in [0.717, 1.165) is 25.7 Å². The minimum Gasteiger partial charge on any atom is -0.393 e. The zero-order valence-corrected chi connectivity index (χ0v) is 18.0. The molecule has 0 radical (unpaired) electrons. The Hall–Kier alpha value is -0.690. The number of ether oxygens (including phenoxy) is 2. The first-order chi connectivity index (χ1) is 12.6. The van der Waals surface area contributed by atoms with Crippen molar-refractivity contribution in [2.75, 3.05) is 13.2 Å². The molecule has 0 aromatic heterocycles. The van der Waals surface area contributed by atoms with E-state index in [4.69, 9.17) is 15.2 Å². The van der Waals surface area contributed by atoms with Crippen LogP contribution in [0, 0.1) is 11.8 Å². The second kappa shape index (κ2) is 12.0. The molecule has 0 bridgehead atoms. The van der Waals surface area contributed by atoms with Crippen LogP contribution in [0.1, 0.15) is 79.6 Å². The van der Waals surface area contributed by atoms with Gasteiger partial charge in [0.05, 0.1) is 12.2 Å². The normalized spacial score (nSPS) is 22.5. The zero-order valence-electron chi connectivity index (χ0n) is 18.0. The van der Waals surface area contributed by atoms with Crippen LogP contribution in [0.5, 0.6) is 0 Å². The molecule has 1 aliphatic heterocycles. The van der Waals surface area contributed by atoms with Crippen molar-refractivity contribution in [2.45, 2.75) is 104 Å². The largest absolute Gasteiger partial charge is 0.393 e. The highest BCUT2D eigenvalue weighted by molar-refractivity contribution is 5.86. The first kappa shape index (κ1) is 24.3. The fourth-order valence-corrected chi connectivity index (χ4v) is 3.43. The van der Waals surface area contributed by atoms with Gasteiger partial charge in [0, 0.05) is 26.0 Å². The van der Waals surface area contributed by atoms with Crippen LogP contribution >= 0.6 is 0 Å². The maximum atomic E-state index is 12.8. The van der Waals surface area contributed by atoms with Gasteiger partial charge in [-0.05, 0) is 50.9 Å². The lowest BCUT2D eigenvalue weighted by Gasteiger charge is -2.34. The van der Waals surface area contributed by atoms with Gasteiger partial charge in [-0.2, -0.15) is 0 Å². The van der Waals surface area contributed by atoms with Crippen molar-refractivity contribution < 1.29 is 19.4 Å². The molecular formula is C21H42N2O4. The third kappa shape index (κ3) is 9.88. The number of hydrogen-bond acceptors (Lipinski definition) is 5. The van der Waals surface area contributed by atoms with Crippen molar-refractivity contribution in [3.05, 3.63) is 0 Å². The lowest BCUT2D eigenvalue weighted by molar-refractivity contribution is -0.189. The van der Waals surface area contributed by atoms with E-state index in [0.29, 0.717) is 37.8 Å². The number of hydrogen-bond donors (Lipinski definition) is 3. The van der Waals surface area contributed by atoms with Crippen molar-refractivity contribution in [1.29, 1.82) is 0 Å². The number of carbonyl (C=O) groups is 1. The first-order valence-corrected chi connectivity index (χ1v) is 10.6. The third-order valence-corrected chi connectivity index (χ3v) is 4.97. The van der Waals surface area contributed by atoms with Crippen LogP contribution in [0.2, 0.25) is 0 Å². The molecule has 1 saturated heterocycles. The molecule has 0 saturated carbocycles. The van der Waals surface area contributed by atoms with Gasteiger partial charge >= 0.3 is 0 Å². The third-order valence-electron chi connectivity index (χ3n) is 4.97. The molecule has 1 aliphatic rings. The summed E-state index contributed by atoms with van der Waals surface area (Å²) in [5, 5.41) is 13.4. The highest BCUT2D eigenvalue weighted by Gasteiger charge is 2.38. The van der Waals surface area contributed by atoms with Crippen molar-refractivity contribution in [1.82, 2.24) is 5.32 Å². The van der Waals surface area contributed by atoms with Crippen LogP contribution in [0.15, 0.2) is 0 Å². The molecule has 0 aromatic carbocycles. The van der Waals surface area contributed by atoms with Gasteiger partial charge < -0.3 is 25.6 Å². The zero-order chi connectivity index (χ0) is 20.4. The molecule has 4 unspecified atom stereocenters. The molecule has 0 aromatic rings. The number of rotatable bonds is 12. The molecule has 6 nitrogen and oxygen atoms in total. The Kier molecular flexibility index (Phi) is 10.8. The summed E-state index contributed by atoms with van der Waals surface area (Å²) in [6, 6.07) is 0.